The third-order valence-corrected chi connectivity index (χ3v) is 6.52. The van der Waals surface area contributed by atoms with Gasteiger partial charge in [-0.2, -0.15) is 0 Å². The standard InChI is InChI=1S/C16H18ClNO4S/c1-16(9-17)14(18-12(19)7-13(18)23-16)15(20)22-8-10-3-5-11(21-2)6-4-10/h3-6,13-14H,7-9H2,1-2H3. The number of benzene rings is 1. The van der Waals surface area contributed by atoms with Gasteiger partial charge in [0, 0.05) is 5.88 Å². The van der Waals surface area contributed by atoms with E-state index in [1.165, 1.54) is 0 Å². The summed E-state index contributed by atoms with van der Waals surface area (Å²) < 4.78 is 10.0. The highest BCUT2D eigenvalue weighted by Crippen LogP contribution is 2.51. The zero-order valence-electron chi connectivity index (χ0n) is 13.0. The lowest BCUT2D eigenvalue weighted by atomic mass is 9.98. The highest BCUT2D eigenvalue weighted by molar-refractivity contribution is 8.01. The van der Waals surface area contributed by atoms with E-state index in [1.807, 2.05) is 31.2 Å². The highest BCUT2D eigenvalue weighted by atomic mass is 35.5. The molecule has 0 aliphatic carbocycles. The molecule has 2 aliphatic rings. The number of amides is 1. The van der Waals surface area contributed by atoms with E-state index in [-0.39, 0.29) is 17.9 Å². The third kappa shape index (κ3) is 2.90. The summed E-state index contributed by atoms with van der Waals surface area (Å²) in [4.78, 5) is 26.0. The van der Waals surface area contributed by atoms with Gasteiger partial charge in [-0.3, -0.25) is 4.79 Å². The average molecular weight is 356 g/mol. The minimum absolute atomic E-state index is 0.0114. The first-order valence-electron chi connectivity index (χ1n) is 7.33. The van der Waals surface area contributed by atoms with Crippen molar-refractivity contribution in [3.05, 3.63) is 29.8 Å². The van der Waals surface area contributed by atoms with Crippen LogP contribution >= 0.6 is 23.4 Å². The average Bonchev–Trinajstić information content (AvgIpc) is 2.81. The van der Waals surface area contributed by atoms with Crippen LogP contribution in [-0.2, 0) is 20.9 Å². The molecule has 0 saturated carbocycles. The van der Waals surface area contributed by atoms with Crippen molar-refractivity contribution in [1.82, 2.24) is 4.90 Å². The molecule has 0 radical (unpaired) electrons. The molecule has 1 amide bonds. The third-order valence-electron chi connectivity index (χ3n) is 4.24. The van der Waals surface area contributed by atoms with Gasteiger partial charge in [0.1, 0.15) is 18.4 Å². The number of esters is 1. The van der Waals surface area contributed by atoms with Crippen LogP contribution in [0.1, 0.15) is 18.9 Å². The summed E-state index contributed by atoms with van der Waals surface area (Å²) in [5.41, 5.74) is 0.865. The van der Waals surface area contributed by atoms with Gasteiger partial charge < -0.3 is 14.4 Å². The molecule has 0 N–H and O–H groups in total. The van der Waals surface area contributed by atoms with Crippen molar-refractivity contribution in [2.75, 3.05) is 13.0 Å². The largest absolute Gasteiger partial charge is 0.497 e. The Morgan fingerprint density at radius 2 is 2.13 bits per heavy atom. The fourth-order valence-electron chi connectivity index (χ4n) is 2.90. The van der Waals surface area contributed by atoms with Crippen LogP contribution in [0.2, 0.25) is 0 Å². The van der Waals surface area contributed by atoms with E-state index >= 15 is 0 Å². The molecule has 2 heterocycles. The maximum absolute atomic E-state index is 12.5. The molecule has 2 fully saturated rings. The Balaban J connectivity index is 1.67. The maximum Gasteiger partial charge on any atom is 0.330 e. The van der Waals surface area contributed by atoms with Gasteiger partial charge in [-0.15, -0.1) is 23.4 Å². The normalized spacial score (nSPS) is 29.0. The first kappa shape index (κ1) is 16.5. The van der Waals surface area contributed by atoms with Crippen LogP contribution in [0.4, 0.5) is 0 Å². The molecular weight excluding hydrogens is 338 g/mol. The number of fused-ring (bicyclic) bond motifs is 1. The van der Waals surface area contributed by atoms with Crippen LogP contribution in [-0.4, -0.2) is 45.9 Å². The number of thioether (sulfide) groups is 1. The van der Waals surface area contributed by atoms with E-state index in [2.05, 4.69) is 0 Å². The predicted octanol–water partition coefficient (Wildman–Crippen LogP) is 2.41. The number of methoxy groups -OCH3 is 1. The van der Waals surface area contributed by atoms with Gasteiger partial charge >= 0.3 is 5.97 Å². The van der Waals surface area contributed by atoms with Gasteiger partial charge in [0.05, 0.1) is 23.7 Å². The molecule has 124 valence electrons. The van der Waals surface area contributed by atoms with Crippen LogP contribution in [0.3, 0.4) is 0 Å². The summed E-state index contributed by atoms with van der Waals surface area (Å²) in [5, 5.41) is 0.0461. The van der Waals surface area contributed by atoms with E-state index in [0.29, 0.717) is 12.3 Å². The smallest absolute Gasteiger partial charge is 0.330 e. The van der Waals surface area contributed by atoms with Gasteiger partial charge in [-0.05, 0) is 24.6 Å². The van der Waals surface area contributed by atoms with Crippen molar-refractivity contribution in [1.29, 1.82) is 0 Å². The Labute approximate surface area is 144 Å². The van der Waals surface area contributed by atoms with Crippen molar-refractivity contribution in [2.24, 2.45) is 0 Å². The molecule has 5 nitrogen and oxygen atoms in total. The molecule has 1 aromatic carbocycles. The Morgan fingerprint density at radius 1 is 1.43 bits per heavy atom. The van der Waals surface area contributed by atoms with E-state index in [4.69, 9.17) is 21.1 Å². The second kappa shape index (κ2) is 6.24. The molecule has 0 aromatic heterocycles. The quantitative estimate of drug-likeness (QED) is 0.461. The lowest BCUT2D eigenvalue weighted by molar-refractivity contribution is -0.162. The van der Waals surface area contributed by atoms with Gasteiger partial charge in [0.15, 0.2) is 0 Å². The molecule has 0 spiro atoms. The van der Waals surface area contributed by atoms with E-state index in [1.54, 1.807) is 23.8 Å². The number of rotatable bonds is 5. The fourth-order valence-corrected chi connectivity index (χ4v) is 4.84. The number of hydrogen-bond donors (Lipinski definition) is 0. The van der Waals surface area contributed by atoms with Gasteiger partial charge in [0.25, 0.3) is 0 Å². The second-order valence-corrected chi connectivity index (χ2v) is 7.86. The molecule has 3 unspecified atom stereocenters. The van der Waals surface area contributed by atoms with Crippen molar-refractivity contribution in [3.8, 4) is 5.75 Å². The lowest BCUT2D eigenvalue weighted by Gasteiger charge is -2.37. The monoisotopic (exact) mass is 355 g/mol. The first-order valence-corrected chi connectivity index (χ1v) is 8.74. The number of hydrogen-bond acceptors (Lipinski definition) is 5. The number of carbonyl (C=O) groups excluding carboxylic acids is 2. The van der Waals surface area contributed by atoms with E-state index in [0.717, 1.165) is 11.3 Å². The molecule has 3 atom stereocenters. The number of nitrogens with zero attached hydrogens (tertiary/aromatic N) is 1. The molecule has 7 heteroatoms. The molecule has 1 aromatic rings. The maximum atomic E-state index is 12.5. The van der Waals surface area contributed by atoms with Crippen molar-refractivity contribution < 1.29 is 19.1 Å². The lowest BCUT2D eigenvalue weighted by Crippen LogP contribution is -2.58. The van der Waals surface area contributed by atoms with Gasteiger partial charge in [0.2, 0.25) is 5.91 Å². The Kier molecular flexibility index (Phi) is 4.47. The summed E-state index contributed by atoms with van der Waals surface area (Å²) in [6, 6.07) is 6.69. The molecule has 2 saturated heterocycles. The minimum Gasteiger partial charge on any atom is -0.497 e. The van der Waals surface area contributed by atoms with Crippen molar-refractivity contribution in [2.45, 2.75) is 36.1 Å². The summed E-state index contributed by atoms with van der Waals surface area (Å²) in [5.74, 6) is 0.631. The fraction of sp³-hybridized carbons (Fsp3) is 0.500. The molecule has 23 heavy (non-hydrogen) atoms. The Bertz CT molecular complexity index is 623. The highest BCUT2D eigenvalue weighted by Gasteiger charge is 2.60. The zero-order chi connectivity index (χ0) is 16.6. The number of halogens is 1. The number of alkyl halides is 1. The van der Waals surface area contributed by atoms with Crippen molar-refractivity contribution >= 4 is 35.2 Å². The number of β-lactam (4-membered cyclic amide) rings is 1. The molecule has 2 aliphatic heterocycles. The van der Waals surface area contributed by atoms with E-state index < -0.39 is 16.8 Å². The Hall–Kier alpha value is -1.40. The van der Waals surface area contributed by atoms with Gasteiger partial charge in [-0.25, -0.2) is 4.79 Å². The van der Waals surface area contributed by atoms with Crippen LogP contribution < -0.4 is 4.74 Å². The molecule has 3 rings (SSSR count). The molecule has 0 bridgehead atoms. The summed E-state index contributed by atoms with van der Waals surface area (Å²) >= 11 is 7.65. The first-order chi connectivity index (χ1) is 11.0. The Morgan fingerprint density at radius 3 is 2.70 bits per heavy atom. The number of ether oxygens (including phenoxy) is 2. The second-order valence-electron chi connectivity index (χ2n) is 5.88. The van der Waals surface area contributed by atoms with Crippen LogP contribution in [0, 0.1) is 0 Å². The van der Waals surface area contributed by atoms with Crippen LogP contribution in [0.25, 0.3) is 0 Å². The summed E-state index contributed by atoms with van der Waals surface area (Å²) in [7, 11) is 1.60. The van der Waals surface area contributed by atoms with Crippen molar-refractivity contribution in [3.63, 3.8) is 0 Å². The summed E-state index contributed by atoms with van der Waals surface area (Å²) in [6.45, 7) is 2.07. The predicted molar refractivity (Wildman–Crippen MR) is 88.5 cm³/mol. The van der Waals surface area contributed by atoms with E-state index in [9.17, 15) is 9.59 Å². The number of carbonyl (C=O) groups is 2. The summed E-state index contributed by atoms with van der Waals surface area (Å²) in [6.07, 6.45) is 0.472. The van der Waals surface area contributed by atoms with Gasteiger partial charge in [-0.1, -0.05) is 12.1 Å². The zero-order valence-corrected chi connectivity index (χ0v) is 14.5. The van der Waals surface area contributed by atoms with Crippen LogP contribution in [0.15, 0.2) is 24.3 Å². The topological polar surface area (TPSA) is 55.8 Å². The molecular formula is C16H18ClNO4S. The SMILES string of the molecule is COc1ccc(COC(=O)C2N3C(=O)CC3SC2(C)CCl)cc1. The minimum atomic E-state index is -0.616. The van der Waals surface area contributed by atoms with Crippen LogP contribution in [0.5, 0.6) is 5.75 Å².